The van der Waals surface area contributed by atoms with Crippen molar-refractivity contribution in [3.05, 3.63) is 34.9 Å². The minimum atomic E-state index is -0.408. The molecule has 132 valence electrons. The zero-order valence-corrected chi connectivity index (χ0v) is 14.4. The highest BCUT2D eigenvalue weighted by atomic mass is 35.5. The molecule has 0 spiro atoms. The minimum absolute atomic E-state index is 0.0497. The maximum absolute atomic E-state index is 12.3. The summed E-state index contributed by atoms with van der Waals surface area (Å²) in [5, 5.41) is 9.46. The Morgan fingerprint density at radius 3 is 2.33 bits per heavy atom. The van der Waals surface area contributed by atoms with Crippen molar-refractivity contribution in [2.75, 3.05) is 26.8 Å². The second kappa shape index (κ2) is 10.8. The van der Waals surface area contributed by atoms with Crippen LogP contribution in [0.1, 0.15) is 36.0 Å². The Labute approximate surface area is 146 Å². The molecular weight excluding hydrogens is 334 g/mol. The number of ketones is 1. The fourth-order valence-electron chi connectivity index (χ4n) is 2.11. The molecule has 6 nitrogen and oxygen atoms in total. The summed E-state index contributed by atoms with van der Waals surface area (Å²) in [6.45, 7) is 0.494. The molecule has 0 heterocycles. The molecule has 0 aliphatic heterocycles. The molecule has 1 N–H and O–H groups in total. The number of esters is 1. The van der Waals surface area contributed by atoms with Crippen molar-refractivity contribution in [2.24, 2.45) is 0 Å². The number of carbonyl (C=O) groups excluding carboxylic acids is 3. The van der Waals surface area contributed by atoms with Crippen LogP contribution in [0, 0.1) is 0 Å². The van der Waals surface area contributed by atoms with Gasteiger partial charge < -0.3 is 14.7 Å². The van der Waals surface area contributed by atoms with E-state index >= 15 is 0 Å². The number of hydrogen-bond acceptors (Lipinski definition) is 5. The first-order valence-corrected chi connectivity index (χ1v) is 8.10. The SMILES string of the molecule is COC(=O)CCN(CCCO)C(=O)CCC(=O)c1ccc(Cl)cc1. The molecule has 0 atom stereocenters. The van der Waals surface area contributed by atoms with E-state index in [1.54, 1.807) is 24.3 Å². The normalized spacial score (nSPS) is 10.3. The van der Waals surface area contributed by atoms with Gasteiger partial charge in [-0.15, -0.1) is 0 Å². The summed E-state index contributed by atoms with van der Waals surface area (Å²) in [5.74, 6) is -0.779. The molecular formula is C17H22ClNO5. The molecule has 1 aromatic rings. The predicted molar refractivity (Wildman–Crippen MR) is 89.9 cm³/mol. The van der Waals surface area contributed by atoms with Gasteiger partial charge in [0.15, 0.2) is 5.78 Å². The number of benzene rings is 1. The molecule has 0 saturated carbocycles. The van der Waals surface area contributed by atoms with Crippen LogP contribution in [-0.2, 0) is 14.3 Å². The van der Waals surface area contributed by atoms with Crippen molar-refractivity contribution >= 4 is 29.3 Å². The van der Waals surface area contributed by atoms with Gasteiger partial charge in [-0.05, 0) is 30.7 Å². The van der Waals surface area contributed by atoms with Gasteiger partial charge >= 0.3 is 5.97 Å². The van der Waals surface area contributed by atoms with Gasteiger partial charge in [-0.1, -0.05) is 11.6 Å². The molecule has 1 amide bonds. The fourth-order valence-corrected chi connectivity index (χ4v) is 2.24. The van der Waals surface area contributed by atoms with E-state index in [1.807, 2.05) is 0 Å². The summed E-state index contributed by atoms with van der Waals surface area (Å²) >= 11 is 5.78. The predicted octanol–water partition coefficient (Wildman–Crippen LogP) is 2.08. The number of hydrogen-bond donors (Lipinski definition) is 1. The van der Waals surface area contributed by atoms with Crippen molar-refractivity contribution < 1.29 is 24.2 Å². The Bertz CT molecular complexity index is 559. The molecule has 0 aliphatic carbocycles. The number of halogens is 1. The van der Waals surface area contributed by atoms with E-state index in [4.69, 9.17) is 16.7 Å². The minimum Gasteiger partial charge on any atom is -0.469 e. The van der Waals surface area contributed by atoms with E-state index < -0.39 is 5.97 Å². The number of nitrogens with zero attached hydrogens (tertiary/aromatic N) is 1. The number of carbonyl (C=O) groups is 3. The number of aliphatic hydroxyl groups is 1. The zero-order chi connectivity index (χ0) is 17.9. The van der Waals surface area contributed by atoms with Crippen LogP contribution in [-0.4, -0.2) is 54.5 Å². The van der Waals surface area contributed by atoms with Gasteiger partial charge in [-0.25, -0.2) is 0 Å². The molecule has 1 rings (SSSR count). The highest BCUT2D eigenvalue weighted by Crippen LogP contribution is 2.12. The standard InChI is InChI=1S/C17H22ClNO5/c1-24-17(23)9-11-19(10-2-12-20)16(22)8-7-15(21)13-3-5-14(18)6-4-13/h3-6,20H,2,7-12H2,1H3. The van der Waals surface area contributed by atoms with Gasteiger partial charge in [-0.2, -0.15) is 0 Å². The highest BCUT2D eigenvalue weighted by Gasteiger charge is 2.17. The highest BCUT2D eigenvalue weighted by molar-refractivity contribution is 6.30. The van der Waals surface area contributed by atoms with Crippen molar-refractivity contribution in [3.8, 4) is 0 Å². The zero-order valence-electron chi connectivity index (χ0n) is 13.7. The first-order chi connectivity index (χ1) is 11.5. The summed E-state index contributed by atoms with van der Waals surface area (Å²) in [4.78, 5) is 37.0. The average molecular weight is 356 g/mol. The van der Waals surface area contributed by atoms with Gasteiger partial charge in [0.25, 0.3) is 0 Å². The van der Waals surface area contributed by atoms with Crippen LogP contribution in [0.2, 0.25) is 5.02 Å². The largest absolute Gasteiger partial charge is 0.469 e. The average Bonchev–Trinajstić information content (AvgIpc) is 2.59. The second-order valence-electron chi connectivity index (χ2n) is 5.21. The third-order valence-electron chi connectivity index (χ3n) is 3.48. The lowest BCUT2D eigenvalue weighted by atomic mass is 10.1. The Balaban J connectivity index is 2.54. The second-order valence-corrected chi connectivity index (χ2v) is 5.65. The van der Waals surface area contributed by atoms with Crippen molar-refractivity contribution in [2.45, 2.75) is 25.7 Å². The lowest BCUT2D eigenvalue weighted by Gasteiger charge is -2.21. The maximum atomic E-state index is 12.3. The Hall–Kier alpha value is -1.92. The third-order valence-corrected chi connectivity index (χ3v) is 3.74. The van der Waals surface area contributed by atoms with Gasteiger partial charge in [-0.3, -0.25) is 14.4 Å². The number of methoxy groups -OCH3 is 1. The molecule has 0 aliphatic rings. The van der Waals surface area contributed by atoms with Gasteiger partial charge in [0.05, 0.1) is 13.5 Å². The van der Waals surface area contributed by atoms with Crippen LogP contribution in [0.5, 0.6) is 0 Å². The van der Waals surface area contributed by atoms with Gasteiger partial charge in [0.1, 0.15) is 0 Å². The molecule has 24 heavy (non-hydrogen) atoms. The van der Waals surface area contributed by atoms with E-state index in [1.165, 1.54) is 12.0 Å². The summed E-state index contributed by atoms with van der Waals surface area (Å²) < 4.78 is 4.56. The summed E-state index contributed by atoms with van der Waals surface area (Å²) in [6, 6.07) is 6.49. The number of amides is 1. The molecule has 0 bridgehead atoms. The topological polar surface area (TPSA) is 83.9 Å². The lowest BCUT2D eigenvalue weighted by Crippen LogP contribution is -2.34. The van der Waals surface area contributed by atoms with E-state index in [0.29, 0.717) is 23.6 Å². The number of rotatable bonds is 10. The molecule has 0 saturated heterocycles. The molecule has 0 radical (unpaired) electrons. The molecule has 0 aromatic heterocycles. The summed E-state index contributed by atoms with van der Waals surface area (Å²) in [6.07, 6.45) is 0.624. The molecule has 0 unspecified atom stereocenters. The lowest BCUT2D eigenvalue weighted by molar-refractivity contribution is -0.141. The van der Waals surface area contributed by atoms with Crippen molar-refractivity contribution in [1.82, 2.24) is 4.90 Å². The van der Waals surface area contributed by atoms with Crippen LogP contribution in [0.25, 0.3) is 0 Å². The van der Waals surface area contributed by atoms with E-state index in [-0.39, 0.29) is 44.1 Å². The number of aliphatic hydroxyl groups excluding tert-OH is 1. The fraction of sp³-hybridized carbons (Fsp3) is 0.471. The van der Waals surface area contributed by atoms with Crippen LogP contribution in [0.4, 0.5) is 0 Å². The molecule has 1 aromatic carbocycles. The molecule has 7 heteroatoms. The van der Waals surface area contributed by atoms with E-state index in [0.717, 1.165) is 0 Å². The van der Waals surface area contributed by atoms with Gasteiger partial charge in [0, 0.05) is 43.1 Å². The van der Waals surface area contributed by atoms with Crippen molar-refractivity contribution in [1.29, 1.82) is 0 Å². The smallest absolute Gasteiger partial charge is 0.307 e. The van der Waals surface area contributed by atoms with Crippen LogP contribution in [0.15, 0.2) is 24.3 Å². The Morgan fingerprint density at radius 2 is 1.75 bits per heavy atom. The number of Topliss-reactive ketones (excluding diaryl/α,β-unsaturated/α-hetero) is 1. The first-order valence-electron chi connectivity index (χ1n) is 7.72. The van der Waals surface area contributed by atoms with Crippen LogP contribution < -0.4 is 0 Å². The quantitative estimate of drug-likeness (QED) is 0.513. The Morgan fingerprint density at radius 1 is 1.08 bits per heavy atom. The van der Waals surface area contributed by atoms with E-state index in [9.17, 15) is 14.4 Å². The third kappa shape index (κ3) is 7.10. The summed E-state index contributed by atoms with van der Waals surface area (Å²) in [7, 11) is 1.28. The summed E-state index contributed by atoms with van der Waals surface area (Å²) in [5.41, 5.74) is 0.503. The first kappa shape index (κ1) is 20.1. The van der Waals surface area contributed by atoms with Crippen LogP contribution in [0.3, 0.4) is 0 Å². The van der Waals surface area contributed by atoms with Crippen LogP contribution >= 0.6 is 11.6 Å². The molecule has 0 fully saturated rings. The monoisotopic (exact) mass is 355 g/mol. The van der Waals surface area contributed by atoms with Gasteiger partial charge in [0.2, 0.25) is 5.91 Å². The van der Waals surface area contributed by atoms with E-state index in [2.05, 4.69) is 4.74 Å². The maximum Gasteiger partial charge on any atom is 0.307 e. The Kier molecular flexibility index (Phi) is 9.04. The number of ether oxygens (including phenoxy) is 1. The van der Waals surface area contributed by atoms with Crippen molar-refractivity contribution in [3.63, 3.8) is 0 Å².